The quantitative estimate of drug-likeness (QED) is 0.517. The zero-order valence-electron chi connectivity index (χ0n) is 10.6. The number of hydrogen-bond donors (Lipinski definition) is 1. The molecule has 0 amide bonds. The van der Waals surface area contributed by atoms with E-state index in [-0.39, 0.29) is 0 Å². The third-order valence-electron chi connectivity index (χ3n) is 3.68. The Hall–Kier alpha value is -0.300. The lowest BCUT2D eigenvalue weighted by Gasteiger charge is -2.28. The Morgan fingerprint density at radius 1 is 1.33 bits per heavy atom. The Bertz CT molecular complexity index is 219. The summed E-state index contributed by atoms with van der Waals surface area (Å²) in [5, 5.41) is 10.4. The van der Waals surface area contributed by atoms with Crippen molar-refractivity contribution in [3.8, 4) is 0 Å². The number of rotatable bonds is 6. The van der Waals surface area contributed by atoms with Crippen LogP contribution in [0.1, 0.15) is 65.7 Å². The van der Waals surface area contributed by atoms with Crippen LogP contribution in [0, 0.1) is 5.92 Å². The molecule has 2 unspecified atom stereocenters. The van der Waals surface area contributed by atoms with E-state index < -0.39 is 5.60 Å². The van der Waals surface area contributed by atoms with Crippen molar-refractivity contribution < 1.29 is 5.11 Å². The van der Waals surface area contributed by atoms with Gasteiger partial charge >= 0.3 is 0 Å². The largest absolute Gasteiger partial charge is 0.389 e. The fourth-order valence-electron chi connectivity index (χ4n) is 2.64. The molecule has 0 fully saturated rings. The summed E-state index contributed by atoms with van der Waals surface area (Å²) in [5.41, 5.74) is 0.939. The summed E-state index contributed by atoms with van der Waals surface area (Å²) in [4.78, 5) is 0. The van der Waals surface area contributed by atoms with Crippen LogP contribution in [-0.2, 0) is 0 Å². The van der Waals surface area contributed by atoms with E-state index >= 15 is 0 Å². The molecule has 0 spiro atoms. The Morgan fingerprint density at radius 3 is 2.53 bits per heavy atom. The highest BCUT2D eigenvalue weighted by molar-refractivity contribution is 5.17. The summed E-state index contributed by atoms with van der Waals surface area (Å²) in [6, 6.07) is 0. The van der Waals surface area contributed by atoms with Crippen LogP contribution in [0.3, 0.4) is 0 Å². The van der Waals surface area contributed by atoms with Crippen molar-refractivity contribution in [1.82, 2.24) is 0 Å². The number of hydrogen-bond acceptors (Lipinski definition) is 1. The molecule has 0 aliphatic heterocycles. The third kappa shape index (κ3) is 3.64. The van der Waals surface area contributed by atoms with Gasteiger partial charge in [0.25, 0.3) is 0 Å². The van der Waals surface area contributed by atoms with E-state index in [1.165, 1.54) is 37.7 Å². The molecule has 15 heavy (non-hydrogen) atoms. The Morgan fingerprint density at radius 2 is 2.00 bits per heavy atom. The molecule has 2 atom stereocenters. The Kier molecular flexibility index (Phi) is 4.85. The first-order valence-electron chi connectivity index (χ1n) is 6.48. The van der Waals surface area contributed by atoms with Crippen LogP contribution >= 0.6 is 0 Å². The summed E-state index contributed by atoms with van der Waals surface area (Å²) in [5.74, 6) is 0.351. The van der Waals surface area contributed by atoms with E-state index in [0.29, 0.717) is 5.92 Å². The van der Waals surface area contributed by atoms with Gasteiger partial charge in [-0.25, -0.2) is 0 Å². The summed E-state index contributed by atoms with van der Waals surface area (Å²) < 4.78 is 0. The fourth-order valence-corrected chi connectivity index (χ4v) is 2.64. The topological polar surface area (TPSA) is 20.2 Å². The first-order chi connectivity index (χ1) is 7.08. The molecule has 88 valence electrons. The maximum absolute atomic E-state index is 10.4. The minimum Gasteiger partial charge on any atom is -0.389 e. The molecule has 1 rings (SSSR count). The third-order valence-corrected chi connectivity index (χ3v) is 3.68. The summed E-state index contributed by atoms with van der Waals surface area (Å²) in [6.45, 7) is 6.51. The zero-order valence-corrected chi connectivity index (χ0v) is 10.6. The standard InChI is InChI=1S/C14H26O/c1-4-5-6-7-8-9-14(15)11-12(2)10-13(14)3/h10,13,15H,4-9,11H2,1-3H3. The maximum Gasteiger partial charge on any atom is 0.0744 e. The van der Waals surface area contributed by atoms with Gasteiger partial charge in [0.2, 0.25) is 0 Å². The molecule has 0 saturated heterocycles. The number of unbranched alkanes of at least 4 members (excludes halogenated alkanes) is 4. The van der Waals surface area contributed by atoms with Crippen molar-refractivity contribution in [2.75, 3.05) is 0 Å². The predicted octanol–water partition coefficient (Wildman–Crippen LogP) is 4.06. The summed E-state index contributed by atoms with van der Waals surface area (Å²) >= 11 is 0. The lowest BCUT2D eigenvalue weighted by molar-refractivity contribution is 0.00562. The van der Waals surface area contributed by atoms with Crippen LogP contribution in [0.2, 0.25) is 0 Å². The van der Waals surface area contributed by atoms with Crippen LogP contribution in [-0.4, -0.2) is 10.7 Å². The SMILES string of the molecule is CCCCCCCC1(O)CC(C)=CC1C. The smallest absolute Gasteiger partial charge is 0.0744 e. The first-order valence-corrected chi connectivity index (χ1v) is 6.48. The minimum atomic E-state index is -0.420. The summed E-state index contributed by atoms with van der Waals surface area (Å²) in [7, 11) is 0. The van der Waals surface area contributed by atoms with E-state index in [1.54, 1.807) is 0 Å². The van der Waals surface area contributed by atoms with Gasteiger partial charge in [0, 0.05) is 5.92 Å². The van der Waals surface area contributed by atoms with Crippen molar-refractivity contribution >= 4 is 0 Å². The molecule has 0 aromatic rings. The van der Waals surface area contributed by atoms with Crippen LogP contribution < -0.4 is 0 Å². The molecular weight excluding hydrogens is 184 g/mol. The molecule has 1 nitrogen and oxygen atoms in total. The van der Waals surface area contributed by atoms with E-state index in [0.717, 1.165) is 12.8 Å². The second-order valence-corrected chi connectivity index (χ2v) is 5.25. The van der Waals surface area contributed by atoms with Crippen LogP contribution in [0.5, 0.6) is 0 Å². The van der Waals surface area contributed by atoms with Crippen LogP contribution in [0.4, 0.5) is 0 Å². The monoisotopic (exact) mass is 210 g/mol. The average Bonchev–Trinajstić information content (AvgIpc) is 2.41. The lowest BCUT2D eigenvalue weighted by atomic mass is 9.86. The van der Waals surface area contributed by atoms with Gasteiger partial charge in [-0.05, 0) is 19.8 Å². The molecule has 0 heterocycles. The molecule has 1 aliphatic rings. The lowest BCUT2D eigenvalue weighted by Crippen LogP contribution is -2.31. The highest BCUT2D eigenvalue weighted by atomic mass is 16.3. The molecular formula is C14H26O. The van der Waals surface area contributed by atoms with Gasteiger partial charge in [0.15, 0.2) is 0 Å². The molecule has 1 heteroatoms. The zero-order chi connectivity index (χ0) is 11.3. The highest BCUT2D eigenvalue weighted by Crippen LogP contribution is 2.37. The molecule has 1 N–H and O–H groups in total. The molecule has 0 saturated carbocycles. The molecule has 0 radical (unpaired) electrons. The van der Waals surface area contributed by atoms with Crippen molar-refractivity contribution in [2.45, 2.75) is 71.3 Å². The molecule has 1 aliphatic carbocycles. The van der Waals surface area contributed by atoms with Crippen molar-refractivity contribution in [3.05, 3.63) is 11.6 Å². The van der Waals surface area contributed by atoms with Gasteiger partial charge < -0.3 is 5.11 Å². The fraction of sp³-hybridized carbons (Fsp3) is 0.857. The van der Waals surface area contributed by atoms with Crippen LogP contribution in [0.25, 0.3) is 0 Å². The van der Waals surface area contributed by atoms with E-state index in [2.05, 4.69) is 26.8 Å². The van der Waals surface area contributed by atoms with Gasteiger partial charge in [-0.2, -0.15) is 0 Å². The normalized spacial score (nSPS) is 30.7. The first kappa shape index (κ1) is 12.8. The van der Waals surface area contributed by atoms with Gasteiger partial charge in [0.05, 0.1) is 5.60 Å². The average molecular weight is 210 g/mol. The second-order valence-electron chi connectivity index (χ2n) is 5.25. The van der Waals surface area contributed by atoms with Gasteiger partial charge in [-0.1, -0.05) is 57.6 Å². The van der Waals surface area contributed by atoms with Crippen LogP contribution in [0.15, 0.2) is 11.6 Å². The Balaban J connectivity index is 2.21. The minimum absolute atomic E-state index is 0.351. The van der Waals surface area contributed by atoms with E-state index in [1.807, 2.05) is 0 Å². The van der Waals surface area contributed by atoms with Crippen molar-refractivity contribution in [3.63, 3.8) is 0 Å². The van der Waals surface area contributed by atoms with Crippen molar-refractivity contribution in [2.24, 2.45) is 5.92 Å². The number of aliphatic hydroxyl groups is 1. The van der Waals surface area contributed by atoms with Gasteiger partial charge in [-0.3, -0.25) is 0 Å². The van der Waals surface area contributed by atoms with E-state index in [4.69, 9.17) is 0 Å². The second kappa shape index (κ2) is 5.69. The molecule has 0 bridgehead atoms. The van der Waals surface area contributed by atoms with Gasteiger partial charge in [0.1, 0.15) is 0 Å². The van der Waals surface area contributed by atoms with Gasteiger partial charge in [-0.15, -0.1) is 0 Å². The molecule has 0 aromatic carbocycles. The highest BCUT2D eigenvalue weighted by Gasteiger charge is 2.36. The van der Waals surface area contributed by atoms with Crippen molar-refractivity contribution in [1.29, 1.82) is 0 Å². The molecule has 0 aromatic heterocycles. The Labute approximate surface area is 94.6 Å². The maximum atomic E-state index is 10.4. The summed E-state index contributed by atoms with van der Waals surface area (Å²) in [6.07, 6.45) is 10.5. The van der Waals surface area contributed by atoms with E-state index in [9.17, 15) is 5.11 Å². The predicted molar refractivity (Wildman–Crippen MR) is 65.9 cm³/mol.